The van der Waals surface area contributed by atoms with E-state index in [9.17, 15) is 4.79 Å². The highest BCUT2D eigenvalue weighted by atomic mass is 16.7. The number of carbonyl (C=O) groups is 1. The first kappa shape index (κ1) is 18.4. The second-order valence-electron chi connectivity index (χ2n) is 5.55. The molecule has 0 aromatic heterocycles. The third kappa shape index (κ3) is 3.62. The SMILES string of the molecule is CO/C(=C\C(=O)c1ccc2c(c1)OCO2)c1c(OC)cc(OC)cc1OC. The first-order valence-corrected chi connectivity index (χ1v) is 8.11. The molecule has 0 unspecified atom stereocenters. The number of hydrogen-bond donors (Lipinski definition) is 0. The number of allylic oxidation sites excluding steroid dienone is 1. The smallest absolute Gasteiger partial charge is 0.231 e. The Morgan fingerprint density at radius 2 is 1.59 bits per heavy atom. The van der Waals surface area contributed by atoms with Crippen LogP contribution in [0.2, 0.25) is 0 Å². The van der Waals surface area contributed by atoms with Crippen LogP contribution in [0.25, 0.3) is 5.76 Å². The molecule has 142 valence electrons. The maximum absolute atomic E-state index is 12.8. The highest BCUT2D eigenvalue weighted by Crippen LogP contribution is 2.39. The van der Waals surface area contributed by atoms with E-state index in [1.165, 1.54) is 27.4 Å². The van der Waals surface area contributed by atoms with Gasteiger partial charge in [-0.3, -0.25) is 4.79 Å². The van der Waals surface area contributed by atoms with E-state index in [0.29, 0.717) is 45.6 Å². The maximum atomic E-state index is 12.8. The molecule has 1 heterocycles. The van der Waals surface area contributed by atoms with Gasteiger partial charge in [-0.25, -0.2) is 0 Å². The van der Waals surface area contributed by atoms with E-state index >= 15 is 0 Å². The fourth-order valence-corrected chi connectivity index (χ4v) is 2.73. The second kappa shape index (κ2) is 7.90. The standard InChI is InChI=1S/C20H20O7/c1-22-13-8-17(23-2)20(18(9-13)24-3)19(25-4)10-14(21)12-5-6-15-16(7-12)27-11-26-15/h5-10H,11H2,1-4H3/b19-10-. The fraction of sp³-hybridized carbons (Fsp3) is 0.250. The first-order valence-electron chi connectivity index (χ1n) is 8.11. The summed E-state index contributed by atoms with van der Waals surface area (Å²) < 4.78 is 32.2. The molecule has 3 rings (SSSR count). The molecule has 1 aliphatic heterocycles. The molecule has 1 aliphatic rings. The molecule has 0 saturated heterocycles. The number of ether oxygens (including phenoxy) is 6. The van der Waals surface area contributed by atoms with Gasteiger partial charge in [0.15, 0.2) is 17.3 Å². The highest BCUT2D eigenvalue weighted by Gasteiger charge is 2.21. The molecule has 0 saturated carbocycles. The minimum atomic E-state index is -0.259. The third-order valence-electron chi connectivity index (χ3n) is 4.10. The summed E-state index contributed by atoms with van der Waals surface area (Å²) in [6.45, 7) is 0.145. The zero-order chi connectivity index (χ0) is 19.4. The first-order chi connectivity index (χ1) is 13.1. The van der Waals surface area contributed by atoms with Gasteiger partial charge < -0.3 is 28.4 Å². The molecule has 2 aromatic carbocycles. The van der Waals surface area contributed by atoms with Gasteiger partial charge in [-0.05, 0) is 18.2 Å². The van der Waals surface area contributed by atoms with Crippen molar-refractivity contribution in [1.82, 2.24) is 0 Å². The van der Waals surface area contributed by atoms with Crippen molar-refractivity contribution in [3.63, 3.8) is 0 Å². The number of ketones is 1. The van der Waals surface area contributed by atoms with E-state index in [4.69, 9.17) is 28.4 Å². The molecule has 7 heteroatoms. The molecule has 0 atom stereocenters. The molecule has 0 N–H and O–H groups in total. The van der Waals surface area contributed by atoms with E-state index in [0.717, 1.165) is 0 Å². The number of benzene rings is 2. The average molecular weight is 372 g/mol. The predicted octanol–water partition coefficient (Wildman–Crippen LogP) is 3.31. The molecule has 0 bridgehead atoms. The monoisotopic (exact) mass is 372 g/mol. The third-order valence-corrected chi connectivity index (χ3v) is 4.10. The van der Waals surface area contributed by atoms with Crippen LogP contribution in [0, 0.1) is 0 Å². The molecular formula is C20H20O7. The summed E-state index contributed by atoms with van der Waals surface area (Å²) in [7, 11) is 6.06. The summed E-state index contributed by atoms with van der Waals surface area (Å²) in [4.78, 5) is 12.8. The summed E-state index contributed by atoms with van der Waals surface area (Å²) in [5.74, 6) is 2.66. The number of hydrogen-bond acceptors (Lipinski definition) is 7. The Kier molecular flexibility index (Phi) is 5.40. The van der Waals surface area contributed by atoms with Crippen LogP contribution in [0.4, 0.5) is 0 Å². The van der Waals surface area contributed by atoms with E-state index < -0.39 is 0 Å². The lowest BCUT2D eigenvalue weighted by atomic mass is 10.1. The summed E-state index contributed by atoms with van der Waals surface area (Å²) in [6.07, 6.45) is 1.38. The molecule has 0 fully saturated rings. The van der Waals surface area contributed by atoms with Gasteiger partial charge in [0.25, 0.3) is 0 Å². The van der Waals surface area contributed by atoms with Gasteiger partial charge in [-0.2, -0.15) is 0 Å². The van der Waals surface area contributed by atoms with E-state index in [-0.39, 0.29) is 12.6 Å². The van der Waals surface area contributed by atoms with E-state index in [1.54, 1.807) is 37.4 Å². The topological polar surface area (TPSA) is 72.5 Å². The van der Waals surface area contributed by atoms with Crippen molar-refractivity contribution < 1.29 is 33.2 Å². The van der Waals surface area contributed by atoms with Crippen molar-refractivity contribution in [2.24, 2.45) is 0 Å². The number of fused-ring (bicyclic) bond motifs is 1. The maximum Gasteiger partial charge on any atom is 0.231 e. The van der Waals surface area contributed by atoms with Crippen LogP contribution in [-0.4, -0.2) is 41.0 Å². The van der Waals surface area contributed by atoms with Crippen LogP contribution in [0.5, 0.6) is 28.7 Å². The average Bonchev–Trinajstić information content (AvgIpc) is 3.18. The Labute approximate surface area is 157 Å². The molecule has 0 spiro atoms. The minimum Gasteiger partial charge on any atom is -0.496 e. The Bertz CT molecular complexity index is 861. The van der Waals surface area contributed by atoms with Crippen molar-refractivity contribution in [1.29, 1.82) is 0 Å². The summed E-state index contributed by atoms with van der Waals surface area (Å²) >= 11 is 0. The van der Waals surface area contributed by atoms with Crippen molar-refractivity contribution in [3.8, 4) is 28.7 Å². The van der Waals surface area contributed by atoms with Crippen LogP contribution in [0.15, 0.2) is 36.4 Å². The normalized spacial score (nSPS) is 12.5. The van der Waals surface area contributed by atoms with Gasteiger partial charge in [0.05, 0.1) is 28.4 Å². The largest absolute Gasteiger partial charge is 0.496 e. The van der Waals surface area contributed by atoms with Crippen LogP contribution >= 0.6 is 0 Å². The van der Waals surface area contributed by atoms with E-state index in [2.05, 4.69) is 0 Å². The fourth-order valence-electron chi connectivity index (χ4n) is 2.73. The molecule has 0 radical (unpaired) electrons. The van der Waals surface area contributed by atoms with Gasteiger partial charge in [-0.15, -0.1) is 0 Å². The molecular weight excluding hydrogens is 352 g/mol. The summed E-state index contributed by atoms with van der Waals surface area (Å²) in [5, 5.41) is 0. The molecule has 27 heavy (non-hydrogen) atoms. The number of carbonyl (C=O) groups excluding carboxylic acids is 1. The number of methoxy groups -OCH3 is 4. The molecule has 0 amide bonds. The highest BCUT2D eigenvalue weighted by molar-refractivity contribution is 6.08. The van der Waals surface area contributed by atoms with Crippen LogP contribution in [0.1, 0.15) is 15.9 Å². The molecule has 0 aliphatic carbocycles. The molecule has 7 nitrogen and oxygen atoms in total. The summed E-state index contributed by atoms with van der Waals surface area (Å²) in [6, 6.07) is 8.38. The Morgan fingerprint density at radius 3 is 2.19 bits per heavy atom. The van der Waals surface area contributed by atoms with Gasteiger partial charge in [0.2, 0.25) is 6.79 Å². The van der Waals surface area contributed by atoms with Crippen molar-refractivity contribution in [3.05, 3.63) is 47.5 Å². The Balaban J connectivity index is 2.02. The Hall–Kier alpha value is -3.35. The lowest BCUT2D eigenvalue weighted by Gasteiger charge is -2.16. The quantitative estimate of drug-likeness (QED) is 0.419. The minimum absolute atomic E-state index is 0.145. The van der Waals surface area contributed by atoms with Gasteiger partial charge in [0.1, 0.15) is 28.6 Å². The van der Waals surface area contributed by atoms with Gasteiger partial charge in [-0.1, -0.05) is 0 Å². The second-order valence-corrected chi connectivity index (χ2v) is 5.55. The lowest BCUT2D eigenvalue weighted by molar-refractivity contribution is 0.104. The predicted molar refractivity (Wildman–Crippen MR) is 98.0 cm³/mol. The summed E-state index contributed by atoms with van der Waals surface area (Å²) in [5.41, 5.74) is 0.956. The van der Waals surface area contributed by atoms with Crippen molar-refractivity contribution in [2.75, 3.05) is 35.2 Å². The molecule has 2 aromatic rings. The van der Waals surface area contributed by atoms with Crippen LogP contribution in [0.3, 0.4) is 0 Å². The van der Waals surface area contributed by atoms with Crippen molar-refractivity contribution >= 4 is 11.5 Å². The van der Waals surface area contributed by atoms with Gasteiger partial charge >= 0.3 is 0 Å². The Morgan fingerprint density at radius 1 is 0.926 bits per heavy atom. The van der Waals surface area contributed by atoms with Crippen LogP contribution < -0.4 is 23.7 Å². The van der Waals surface area contributed by atoms with E-state index in [1.807, 2.05) is 0 Å². The number of rotatable bonds is 7. The zero-order valence-electron chi connectivity index (χ0n) is 15.5. The lowest BCUT2D eigenvalue weighted by Crippen LogP contribution is -2.02. The van der Waals surface area contributed by atoms with Gasteiger partial charge in [0, 0.05) is 23.8 Å². The zero-order valence-corrected chi connectivity index (χ0v) is 15.5. The van der Waals surface area contributed by atoms with Crippen molar-refractivity contribution in [2.45, 2.75) is 0 Å². The van der Waals surface area contributed by atoms with Crippen LogP contribution in [-0.2, 0) is 4.74 Å².